The number of sulfonamides is 1. The van der Waals surface area contributed by atoms with Crippen LogP contribution < -0.4 is 4.72 Å². The van der Waals surface area contributed by atoms with Crippen molar-refractivity contribution in [1.29, 1.82) is 0 Å². The molecular weight excluding hydrogens is 362 g/mol. The van der Waals surface area contributed by atoms with E-state index < -0.39 is 10.0 Å². The van der Waals surface area contributed by atoms with Gasteiger partial charge >= 0.3 is 0 Å². The summed E-state index contributed by atoms with van der Waals surface area (Å²) in [6.45, 7) is 2.69. The molecule has 1 aliphatic carbocycles. The number of rotatable bonds is 8. The van der Waals surface area contributed by atoms with Crippen LogP contribution in [0.4, 0.5) is 0 Å². The molecule has 1 aromatic carbocycles. The Bertz CT molecular complexity index is 812. The minimum atomic E-state index is -3.25. The van der Waals surface area contributed by atoms with E-state index in [1.165, 1.54) is 11.8 Å². The summed E-state index contributed by atoms with van der Waals surface area (Å²) in [7, 11) is -3.25. The first-order valence-corrected chi connectivity index (χ1v) is 11.4. The van der Waals surface area contributed by atoms with Gasteiger partial charge in [0, 0.05) is 18.4 Å². The molecule has 0 aliphatic heterocycles. The summed E-state index contributed by atoms with van der Waals surface area (Å²) in [6, 6.07) is 12.4. The molecule has 1 fully saturated rings. The lowest BCUT2D eigenvalue weighted by molar-refractivity contribution is 0.00578. The fourth-order valence-corrected chi connectivity index (χ4v) is 4.26. The van der Waals surface area contributed by atoms with Gasteiger partial charge in [-0.2, -0.15) is 5.10 Å². The highest BCUT2D eigenvalue weighted by Gasteiger charge is 2.24. The molecule has 1 saturated carbocycles. The van der Waals surface area contributed by atoms with E-state index in [4.69, 9.17) is 4.74 Å². The third kappa shape index (κ3) is 5.89. The van der Waals surface area contributed by atoms with Gasteiger partial charge in [0.25, 0.3) is 0 Å². The van der Waals surface area contributed by atoms with Crippen LogP contribution in [0, 0.1) is 6.92 Å². The number of benzene rings is 1. The van der Waals surface area contributed by atoms with Gasteiger partial charge in [-0.25, -0.2) is 13.1 Å². The largest absolute Gasteiger partial charge is 0.376 e. The van der Waals surface area contributed by atoms with Gasteiger partial charge in [-0.3, -0.25) is 4.68 Å². The topological polar surface area (TPSA) is 73.2 Å². The highest BCUT2D eigenvalue weighted by molar-refractivity contribution is 7.88. The fourth-order valence-electron chi connectivity index (χ4n) is 3.76. The molecule has 0 radical (unpaired) electrons. The van der Waals surface area contributed by atoms with Crippen LogP contribution in [0.25, 0.3) is 0 Å². The van der Waals surface area contributed by atoms with Crippen molar-refractivity contribution >= 4 is 10.0 Å². The fraction of sp³-hybridized carbons (Fsp3) is 0.550. The summed E-state index contributed by atoms with van der Waals surface area (Å²) in [5, 5.41) is 4.33. The molecule has 3 rings (SSSR count). The van der Waals surface area contributed by atoms with E-state index in [0.717, 1.165) is 31.4 Å². The number of hydrogen-bond donors (Lipinski definition) is 1. The number of hydrogen-bond acceptors (Lipinski definition) is 4. The molecule has 7 heteroatoms. The van der Waals surface area contributed by atoms with Crippen molar-refractivity contribution in [2.24, 2.45) is 0 Å². The van der Waals surface area contributed by atoms with Crippen molar-refractivity contribution < 1.29 is 13.2 Å². The Morgan fingerprint density at radius 2 is 1.89 bits per heavy atom. The van der Waals surface area contributed by atoms with Gasteiger partial charge in [0.2, 0.25) is 10.0 Å². The number of nitrogens with one attached hydrogen (secondary N) is 1. The molecule has 1 N–H and O–H groups in total. The standard InChI is InChI=1S/C20H29N3O3S/c1-16-12-13-21-23(16)19(14-22-27(2,24)25)15-26-20-10-8-18(9-11-20)17-6-4-3-5-7-17/h3-7,12-13,18-20,22H,8-11,14-15H2,1-2H3/t18?,19-,20?/m1/s1. The molecule has 0 saturated heterocycles. The molecule has 1 aliphatic rings. The molecule has 0 bridgehead atoms. The van der Waals surface area contributed by atoms with E-state index in [-0.39, 0.29) is 18.7 Å². The van der Waals surface area contributed by atoms with Gasteiger partial charge in [-0.15, -0.1) is 0 Å². The number of nitrogens with zero attached hydrogens (tertiary/aromatic N) is 2. The monoisotopic (exact) mass is 391 g/mol. The Morgan fingerprint density at radius 3 is 2.48 bits per heavy atom. The highest BCUT2D eigenvalue weighted by Crippen LogP contribution is 2.34. The zero-order valence-electron chi connectivity index (χ0n) is 16.0. The zero-order valence-corrected chi connectivity index (χ0v) is 16.9. The molecule has 148 valence electrons. The summed E-state index contributed by atoms with van der Waals surface area (Å²) >= 11 is 0. The maximum Gasteiger partial charge on any atom is 0.208 e. The summed E-state index contributed by atoms with van der Waals surface area (Å²) in [5.41, 5.74) is 2.41. The van der Waals surface area contributed by atoms with E-state index >= 15 is 0 Å². The normalized spacial score (nSPS) is 21.9. The Hall–Kier alpha value is -1.70. The van der Waals surface area contributed by atoms with Crippen molar-refractivity contribution in [3.63, 3.8) is 0 Å². The van der Waals surface area contributed by atoms with Gasteiger partial charge in [-0.1, -0.05) is 30.3 Å². The van der Waals surface area contributed by atoms with Crippen molar-refractivity contribution in [2.75, 3.05) is 19.4 Å². The molecule has 0 spiro atoms. The third-order valence-electron chi connectivity index (χ3n) is 5.26. The lowest BCUT2D eigenvalue weighted by Crippen LogP contribution is -2.34. The lowest BCUT2D eigenvalue weighted by atomic mass is 9.83. The molecule has 0 unspecified atom stereocenters. The SMILES string of the molecule is Cc1ccnn1[C@H](CNS(C)(=O)=O)COC1CCC(c2ccccc2)CC1. The molecule has 0 amide bonds. The van der Waals surface area contributed by atoms with Crippen LogP contribution >= 0.6 is 0 Å². The third-order valence-corrected chi connectivity index (χ3v) is 5.96. The van der Waals surface area contributed by atoms with Crippen LogP contribution in [0.1, 0.15) is 48.9 Å². The van der Waals surface area contributed by atoms with Gasteiger partial charge < -0.3 is 4.74 Å². The minimum absolute atomic E-state index is 0.151. The summed E-state index contributed by atoms with van der Waals surface area (Å²) in [5.74, 6) is 0.613. The molecule has 1 aromatic heterocycles. The second kappa shape index (κ2) is 8.99. The second-order valence-electron chi connectivity index (χ2n) is 7.41. The Labute approximate surface area is 162 Å². The average molecular weight is 392 g/mol. The maximum atomic E-state index is 11.5. The highest BCUT2D eigenvalue weighted by atomic mass is 32.2. The Balaban J connectivity index is 1.54. The number of aromatic nitrogens is 2. The molecule has 1 atom stereocenters. The number of ether oxygens (including phenoxy) is 1. The maximum absolute atomic E-state index is 11.5. The van der Waals surface area contributed by atoms with E-state index in [1.54, 1.807) is 6.20 Å². The first-order valence-electron chi connectivity index (χ1n) is 9.53. The van der Waals surface area contributed by atoms with Gasteiger partial charge in [0.1, 0.15) is 0 Å². The summed E-state index contributed by atoms with van der Waals surface area (Å²) in [6.07, 6.45) is 7.44. The van der Waals surface area contributed by atoms with Crippen molar-refractivity contribution in [3.8, 4) is 0 Å². The Morgan fingerprint density at radius 1 is 1.19 bits per heavy atom. The van der Waals surface area contributed by atoms with Crippen molar-refractivity contribution in [2.45, 2.75) is 50.7 Å². The van der Waals surface area contributed by atoms with Crippen molar-refractivity contribution in [1.82, 2.24) is 14.5 Å². The minimum Gasteiger partial charge on any atom is -0.376 e. The van der Waals surface area contributed by atoms with Crippen molar-refractivity contribution in [3.05, 3.63) is 53.9 Å². The summed E-state index contributed by atoms with van der Waals surface area (Å²) < 4.78 is 33.6. The van der Waals surface area contributed by atoms with Gasteiger partial charge in [0.15, 0.2) is 0 Å². The first kappa shape index (κ1) is 20.0. The van der Waals surface area contributed by atoms with Crippen LogP contribution in [0.15, 0.2) is 42.6 Å². The molecule has 6 nitrogen and oxygen atoms in total. The predicted molar refractivity (Wildman–Crippen MR) is 106 cm³/mol. The van der Waals surface area contributed by atoms with Crippen LogP contribution in [0.3, 0.4) is 0 Å². The number of aryl methyl sites for hydroxylation is 1. The predicted octanol–water partition coefficient (Wildman–Crippen LogP) is 3.02. The second-order valence-corrected chi connectivity index (χ2v) is 9.24. The molecule has 2 aromatic rings. The molecule has 27 heavy (non-hydrogen) atoms. The summed E-state index contributed by atoms with van der Waals surface area (Å²) in [4.78, 5) is 0. The van der Waals surface area contributed by atoms with Crippen LogP contribution in [-0.4, -0.2) is 43.7 Å². The molecular formula is C20H29N3O3S. The quantitative estimate of drug-likeness (QED) is 0.751. The lowest BCUT2D eigenvalue weighted by Gasteiger charge is -2.30. The van der Waals surface area contributed by atoms with Crippen LogP contribution in [-0.2, 0) is 14.8 Å². The van der Waals surface area contributed by atoms with Crippen LogP contribution in [0.2, 0.25) is 0 Å². The first-order chi connectivity index (χ1) is 12.9. The average Bonchev–Trinajstić information content (AvgIpc) is 3.08. The zero-order chi connectivity index (χ0) is 19.3. The van der Waals surface area contributed by atoms with E-state index in [9.17, 15) is 8.42 Å². The van der Waals surface area contributed by atoms with E-state index in [0.29, 0.717) is 12.5 Å². The molecule has 1 heterocycles. The Kier molecular flexibility index (Phi) is 6.68. The van der Waals surface area contributed by atoms with E-state index in [1.807, 2.05) is 17.7 Å². The van der Waals surface area contributed by atoms with Gasteiger partial charge in [0.05, 0.1) is 25.0 Å². The van der Waals surface area contributed by atoms with Gasteiger partial charge in [-0.05, 0) is 50.2 Å². The smallest absolute Gasteiger partial charge is 0.208 e. The van der Waals surface area contributed by atoms with E-state index in [2.05, 4.69) is 40.2 Å². The van der Waals surface area contributed by atoms with Crippen LogP contribution in [0.5, 0.6) is 0 Å².